The lowest BCUT2D eigenvalue weighted by atomic mass is 10.0. The van der Waals surface area contributed by atoms with Crippen molar-refractivity contribution in [2.75, 3.05) is 0 Å². The Balaban J connectivity index is 1.90. The molecule has 3 rings (SSSR count). The highest BCUT2D eigenvalue weighted by molar-refractivity contribution is 9.10. The number of benzene rings is 2. The molecule has 0 saturated carbocycles. The zero-order valence-electron chi connectivity index (χ0n) is 10.3. The third-order valence-corrected chi connectivity index (χ3v) is 3.68. The highest BCUT2D eigenvalue weighted by Crippen LogP contribution is 2.29. The second-order valence-electron chi connectivity index (χ2n) is 4.38. The van der Waals surface area contributed by atoms with E-state index in [4.69, 9.17) is 0 Å². The molecule has 0 aliphatic carbocycles. The van der Waals surface area contributed by atoms with Gasteiger partial charge in [0.25, 0.3) is 0 Å². The molecule has 1 heterocycles. The van der Waals surface area contributed by atoms with Crippen molar-refractivity contribution in [3.63, 3.8) is 0 Å². The Morgan fingerprint density at radius 1 is 1.00 bits per heavy atom. The maximum atomic E-state index is 4.22. The van der Waals surface area contributed by atoms with Gasteiger partial charge in [-0.1, -0.05) is 58.4 Å². The molecular weight excluding hydrogens is 300 g/mol. The summed E-state index contributed by atoms with van der Waals surface area (Å²) in [6.45, 7) is 0.792. The fourth-order valence-electron chi connectivity index (χ4n) is 2.09. The van der Waals surface area contributed by atoms with E-state index < -0.39 is 0 Å². The molecule has 19 heavy (non-hydrogen) atoms. The van der Waals surface area contributed by atoms with Gasteiger partial charge in [-0.3, -0.25) is 4.68 Å². The van der Waals surface area contributed by atoms with Crippen LogP contribution in [0.3, 0.4) is 0 Å². The Kier molecular flexibility index (Phi) is 3.47. The van der Waals surface area contributed by atoms with Gasteiger partial charge in [-0.15, -0.1) is 0 Å². The third kappa shape index (κ3) is 2.76. The highest BCUT2D eigenvalue weighted by Gasteiger charge is 2.04. The molecule has 2 aromatic carbocycles. The molecule has 3 aromatic rings. The van der Waals surface area contributed by atoms with Crippen LogP contribution in [0.4, 0.5) is 0 Å². The highest BCUT2D eigenvalue weighted by atomic mass is 79.9. The Morgan fingerprint density at radius 2 is 1.84 bits per heavy atom. The summed E-state index contributed by atoms with van der Waals surface area (Å²) < 4.78 is 3.03. The summed E-state index contributed by atoms with van der Waals surface area (Å²) in [4.78, 5) is 0. The number of rotatable bonds is 3. The first kappa shape index (κ1) is 12.2. The van der Waals surface area contributed by atoms with E-state index >= 15 is 0 Å². The van der Waals surface area contributed by atoms with Crippen molar-refractivity contribution in [2.45, 2.75) is 6.54 Å². The zero-order valence-corrected chi connectivity index (χ0v) is 11.9. The van der Waals surface area contributed by atoms with E-state index in [1.807, 2.05) is 23.0 Å². The Bertz CT molecular complexity index is 660. The van der Waals surface area contributed by atoms with Gasteiger partial charge >= 0.3 is 0 Å². The van der Waals surface area contributed by atoms with Gasteiger partial charge in [0.15, 0.2) is 0 Å². The lowest BCUT2D eigenvalue weighted by Crippen LogP contribution is -1.99. The van der Waals surface area contributed by atoms with Crippen LogP contribution in [-0.4, -0.2) is 9.78 Å². The maximum Gasteiger partial charge on any atom is 0.0659 e. The zero-order chi connectivity index (χ0) is 13.1. The molecule has 0 fully saturated rings. The quantitative estimate of drug-likeness (QED) is 0.702. The van der Waals surface area contributed by atoms with Crippen LogP contribution in [0.25, 0.3) is 11.1 Å². The predicted octanol–water partition coefficient (Wildman–Crippen LogP) is 4.36. The maximum absolute atomic E-state index is 4.22. The molecule has 0 spiro atoms. The van der Waals surface area contributed by atoms with Gasteiger partial charge in [-0.2, -0.15) is 5.10 Å². The van der Waals surface area contributed by atoms with E-state index in [-0.39, 0.29) is 0 Å². The Hall–Kier alpha value is -1.87. The number of hydrogen-bond donors (Lipinski definition) is 0. The molecule has 0 saturated heterocycles. The smallest absolute Gasteiger partial charge is 0.0659 e. The van der Waals surface area contributed by atoms with E-state index in [1.54, 1.807) is 6.20 Å². The van der Waals surface area contributed by atoms with E-state index in [0.717, 1.165) is 11.0 Å². The fraction of sp³-hybridized carbons (Fsp3) is 0.0625. The average Bonchev–Trinajstić information content (AvgIpc) is 2.93. The molecule has 0 aliphatic rings. The van der Waals surface area contributed by atoms with E-state index in [0.29, 0.717) is 0 Å². The fourth-order valence-corrected chi connectivity index (χ4v) is 2.74. The van der Waals surface area contributed by atoms with Crippen LogP contribution >= 0.6 is 15.9 Å². The summed E-state index contributed by atoms with van der Waals surface area (Å²) in [5.74, 6) is 0. The van der Waals surface area contributed by atoms with Crippen LogP contribution in [0.15, 0.2) is 71.5 Å². The van der Waals surface area contributed by atoms with E-state index in [9.17, 15) is 0 Å². The predicted molar refractivity (Wildman–Crippen MR) is 80.9 cm³/mol. The van der Waals surface area contributed by atoms with E-state index in [1.165, 1.54) is 16.7 Å². The van der Waals surface area contributed by atoms with Gasteiger partial charge in [0.1, 0.15) is 0 Å². The molecule has 0 amide bonds. The summed E-state index contributed by atoms with van der Waals surface area (Å²) in [5, 5.41) is 4.22. The first-order valence-electron chi connectivity index (χ1n) is 6.14. The molecular formula is C16H13BrN2. The largest absolute Gasteiger partial charge is 0.268 e. The second-order valence-corrected chi connectivity index (χ2v) is 5.24. The monoisotopic (exact) mass is 312 g/mol. The number of aromatic nitrogens is 2. The van der Waals surface area contributed by atoms with Crippen molar-refractivity contribution in [1.29, 1.82) is 0 Å². The average molecular weight is 313 g/mol. The van der Waals surface area contributed by atoms with Crippen LogP contribution in [0.2, 0.25) is 0 Å². The molecule has 94 valence electrons. The van der Waals surface area contributed by atoms with Crippen molar-refractivity contribution < 1.29 is 0 Å². The van der Waals surface area contributed by atoms with Crippen molar-refractivity contribution in [3.05, 3.63) is 77.0 Å². The molecule has 0 atom stereocenters. The topological polar surface area (TPSA) is 17.8 Å². The second kappa shape index (κ2) is 5.41. The van der Waals surface area contributed by atoms with Crippen LogP contribution in [0.5, 0.6) is 0 Å². The molecule has 2 nitrogen and oxygen atoms in total. The lowest BCUT2D eigenvalue weighted by Gasteiger charge is -2.08. The number of nitrogens with zero attached hydrogens (tertiary/aromatic N) is 2. The lowest BCUT2D eigenvalue weighted by molar-refractivity contribution is 0.687. The SMILES string of the molecule is Brc1cc(Cn2cccn2)ccc1-c1ccccc1. The van der Waals surface area contributed by atoms with Gasteiger partial charge in [0, 0.05) is 16.9 Å². The number of halogens is 1. The summed E-state index contributed by atoms with van der Waals surface area (Å²) >= 11 is 3.66. The standard InChI is InChI=1S/C16H13BrN2/c17-16-11-13(12-19-10-4-9-18-19)7-8-15(16)14-5-2-1-3-6-14/h1-11H,12H2. The molecule has 1 aromatic heterocycles. The van der Waals surface area contributed by atoms with Gasteiger partial charge in [-0.25, -0.2) is 0 Å². The minimum absolute atomic E-state index is 0.792. The number of hydrogen-bond acceptors (Lipinski definition) is 1. The van der Waals surface area contributed by atoms with Gasteiger partial charge in [0.05, 0.1) is 6.54 Å². The molecule has 0 aliphatic heterocycles. The molecule has 0 unspecified atom stereocenters. The summed E-state index contributed by atoms with van der Waals surface area (Å²) in [6, 6.07) is 18.8. The summed E-state index contributed by atoms with van der Waals surface area (Å²) in [6.07, 6.45) is 3.77. The molecule has 0 radical (unpaired) electrons. The first-order valence-corrected chi connectivity index (χ1v) is 6.93. The Labute approximate surface area is 120 Å². The Morgan fingerprint density at radius 3 is 2.53 bits per heavy atom. The molecule has 3 heteroatoms. The minimum Gasteiger partial charge on any atom is -0.268 e. The third-order valence-electron chi connectivity index (χ3n) is 3.02. The normalized spacial score (nSPS) is 10.6. The van der Waals surface area contributed by atoms with Crippen LogP contribution in [-0.2, 0) is 6.54 Å². The molecule has 0 bridgehead atoms. The van der Waals surface area contributed by atoms with Crippen molar-refractivity contribution >= 4 is 15.9 Å². The van der Waals surface area contributed by atoms with Crippen LogP contribution < -0.4 is 0 Å². The summed E-state index contributed by atoms with van der Waals surface area (Å²) in [7, 11) is 0. The van der Waals surface area contributed by atoms with Crippen molar-refractivity contribution in [2.24, 2.45) is 0 Å². The van der Waals surface area contributed by atoms with E-state index in [2.05, 4.69) is 63.5 Å². The van der Waals surface area contributed by atoms with Gasteiger partial charge < -0.3 is 0 Å². The van der Waals surface area contributed by atoms with Crippen molar-refractivity contribution in [1.82, 2.24) is 9.78 Å². The van der Waals surface area contributed by atoms with Crippen LogP contribution in [0, 0.1) is 0 Å². The van der Waals surface area contributed by atoms with Crippen molar-refractivity contribution in [3.8, 4) is 11.1 Å². The molecule has 0 N–H and O–H groups in total. The van der Waals surface area contributed by atoms with Gasteiger partial charge in [-0.05, 0) is 28.8 Å². The van der Waals surface area contributed by atoms with Crippen LogP contribution in [0.1, 0.15) is 5.56 Å². The minimum atomic E-state index is 0.792. The summed E-state index contributed by atoms with van der Waals surface area (Å²) in [5.41, 5.74) is 3.67. The van der Waals surface area contributed by atoms with Gasteiger partial charge in [0.2, 0.25) is 0 Å². The first-order chi connectivity index (χ1) is 9.33.